The van der Waals surface area contributed by atoms with Crippen LogP contribution in [0.2, 0.25) is 0 Å². The minimum Gasteiger partial charge on any atom is -0.247 e. The lowest BCUT2D eigenvalue weighted by Gasteiger charge is -2.59. The van der Waals surface area contributed by atoms with Crippen LogP contribution in [-0.4, -0.2) is 12.3 Å². The van der Waals surface area contributed by atoms with Crippen LogP contribution in [0.5, 0.6) is 0 Å². The van der Waals surface area contributed by atoms with E-state index in [9.17, 15) is 4.39 Å². The van der Waals surface area contributed by atoms with Crippen molar-refractivity contribution < 1.29 is 8.78 Å². The fourth-order valence-corrected chi connectivity index (χ4v) is 8.80. The summed E-state index contributed by atoms with van der Waals surface area (Å²) in [4.78, 5) is 0. The van der Waals surface area contributed by atoms with Crippen LogP contribution in [0.1, 0.15) is 98.8 Å². The van der Waals surface area contributed by atoms with Gasteiger partial charge in [0.25, 0.3) is 0 Å². The first-order valence-corrected chi connectivity index (χ1v) is 12.7. The molecule has 0 spiro atoms. The Morgan fingerprint density at radius 2 is 1.79 bits per heavy atom. The van der Waals surface area contributed by atoms with Crippen molar-refractivity contribution >= 4 is 0 Å². The monoisotopic (exact) mass is 406 g/mol. The molecule has 4 aliphatic rings. The number of hydrogen-bond donors (Lipinski definition) is 0. The third kappa shape index (κ3) is 3.63. The maximum absolute atomic E-state index is 15.4. The molecule has 0 bridgehead atoms. The highest BCUT2D eigenvalue weighted by molar-refractivity contribution is 5.28. The molecule has 4 rings (SSSR count). The first kappa shape index (κ1) is 21.8. The van der Waals surface area contributed by atoms with Gasteiger partial charge in [-0.05, 0) is 96.9 Å². The van der Waals surface area contributed by atoms with Crippen molar-refractivity contribution in [1.82, 2.24) is 0 Å². The maximum Gasteiger partial charge on any atom is 0.122 e. The number of alkyl halides is 2. The molecule has 3 fully saturated rings. The van der Waals surface area contributed by atoms with Gasteiger partial charge in [0.1, 0.15) is 12.3 Å². The van der Waals surface area contributed by atoms with Crippen LogP contribution in [0.15, 0.2) is 11.6 Å². The molecular formula is C27H44F2. The molecule has 29 heavy (non-hydrogen) atoms. The van der Waals surface area contributed by atoms with E-state index < -0.39 is 12.3 Å². The van der Waals surface area contributed by atoms with Gasteiger partial charge in [-0.2, -0.15) is 0 Å². The molecule has 0 radical (unpaired) electrons. The lowest BCUT2D eigenvalue weighted by molar-refractivity contribution is -0.0786. The number of fused-ring (bicyclic) bond motifs is 5. The average Bonchev–Trinajstić information content (AvgIpc) is 2.98. The highest BCUT2D eigenvalue weighted by Gasteiger charge is 2.61. The molecule has 0 N–H and O–H groups in total. The molecule has 166 valence electrons. The molecule has 0 amide bonds. The summed E-state index contributed by atoms with van der Waals surface area (Å²) in [6.07, 6.45) is 11.1. The Hall–Kier alpha value is -0.400. The Labute approximate surface area is 178 Å². The van der Waals surface area contributed by atoms with Crippen LogP contribution in [0, 0.1) is 46.3 Å². The van der Waals surface area contributed by atoms with E-state index in [1.54, 1.807) is 0 Å². The van der Waals surface area contributed by atoms with Gasteiger partial charge in [-0.1, -0.05) is 60.0 Å². The predicted octanol–water partition coefficient (Wildman–Crippen LogP) is 8.31. The predicted molar refractivity (Wildman–Crippen MR) is 118 cm³/mol. The van der Waals surface area contributed by atoms with Crippen molar-refractivity contribution in [3.05, 3.63) is 11.6 Å². The third-order valence-corrected chi connectivity index (χ3v) is 10.2. The number of halogens is 2. The van der Waals surface area contributed by atoms with Gasteiger partial charge >= 0.3 is 0 Å². The molecule has 0 aromatic carbocycles. The lowest BCUT2D eigenvalue weighted by Crippen LogP contribution is -2.54. The fourth-order valence-electron chi connectivity index (χ4n) is 8.80. The summed E-state index contributed by atoms with van der Waals surface area (Å²) in [5.41, 5.74) is 1.11. The molecule has 9 atom stereocenters. The van der Waals surface area contributed by atoms with Crippen LogP contribution in [0.4, 0.5) is 8.78 Å². The summed E-state index contributed by atoms with van der Waals surface area (Å²) in [5, 5.41) is 0. The molecule has 3 saturated carbocycles. The second kappa shape index (κ2) is 7.94. The SMILES string of the molecule is CC(C)CCC[C@@H](C)[C@H]1CC[C@H]2[C@@H]3CC(F)C4=CCC(F)C[C@]4(C)[C@H]3CC[C@]12C. The van der Waals surface area contributed by atoms with Crippen LogP contribution in [0.3, 0.4) is 0 Å². The van der Waals surface area contributed by atoms with E-state index >= 15 is 4.39 Å². The van der Waals surface area contributed by atoms with E-state index in [2.05, 4.69) is 34.6 Å². The van der Waals surface area contributed by atoms with E-state index in [0.717, 1.165) is 23.3 Å². The van der Waals surface area contributed by atoms with Gasteiger partial charge in [-0.15, -0.1) is 0 Å². The topological polar surface area (TPSA) is 0 Å². The van der Waals surface area contributed by atoms with Crippen molar-refractivity contribution in [3.63, 3.8) is 0 Å². The summed E-state index contributed by atoms with van der Waals surface area (Å²) in [7, 11) is 0. The van der Waals surface area contributed by atoms with Gasteiger partial charge in [0.15, 0.2) is 0 Å². The molecular weight excluding hydrogens is 362 g/mol. The molecule has 0 aromatic heterocycles. The first-order valence-electron chi connectivity index (χ1n) is 12.7. The Morgan fingerprint density at radius 1 is 1.03 bits per heavy atom. The van der Waals surface area contributed by atoms with E-state index in [4.69, 9.17) is 0 Å². The Kier molecular flexibility index (Phi) is 5.97. The Balaban J connectivity index is 1.52. The van der Waals surface area contributed by atoms with Crippen LogP contribution < -0.4 is 0 Å². The Morgan fingerprint density at radius 3 is 2.52 bits per heavy atom. The van der Waals surface area contributed by atoms with Crippen LogP contribution >= 0.6 is 0 Å². The highest BCUT2D eigenvalue weighted by Crippen LogP contribution is 2.68. The van der Waals surface area contributed by atoms with Crippen molar-refractivity contribution in [1.29, 1.82) is 0 Å². The van der Waals surface area contributed by atoms with E-state index in [-0.39, 0.29) is 5.41 Å². The van der Waals surface area contributed by atoms with Crippen LogP contribution in [0.25, 0.3) is 0 Å². The van der Waals surface area contributed by atoms with E-state index in [1.807, 2.05) is 6.08 Å². The van der Waals surface area contributed by atoms with E-state index in [1.165, 1.54) is 44.9 Å². The minimum atomic E-state index is -0.835. The molecule has 0 saturated heterocycles. The maximum atomic E-state index is 15.4. The second-order valence-electron chi connectivity index (χ2n) is 12.2. The van der Waals surface area contributed by atoms with Crippen molar-refractivity contribution in [2.75, 3.05) is 0 Å². The second-order valence-corrected chi connectivity index (χ2v) is 12.2. The minimum absolute atomic E-state index is 0.234. The number of allylic oxidation sites excluding steroid dienone is 2. The van der Waals surface area contributed by atoms with Crippen molar-refractivity contribution in [2.24, 2.45) is 46.3 Å². The summed E-state index contributed by atoms with van der Waals surface area (Å²) >= 11 is 0. The zero-order valence-electron chi connectivity index (χ0n) is 19.5. The summed E-state index contributed by atoms with van der Waals surface area (Å²) in [5.74, 6) is 3.97. The van der Waals surface area contributed by atoms with Crippen molar-refractivity contribution in [2.45, 2.75) is 111 Å². The summed E-state index contributed by atoms with van der Waals surface area (Å²) in [6.45, 7) is 11.9. The average molecular weight is 407 g/mol. The first-order chi connectivity index (χ1) is 13.7. The molecule has 0 aromatic rings. The fraction of sp³-hybridized carbons (Fsp3) is 0.926. The van der Waals surface area contributed by atoms with Gasteiger partial charge in [0.05, 0.1) is 0 Å². The van der Waals surface area contributed by atoms with Crippen molar-refractivity contribution in [3.8, 4) is 0 Å². The number of hydrogen-bond acceptors (Lipinski definition) is 0. The smallest absolute Gasteiger partial charge is 0.122 e. The molecule has 4 aliphatic carbocycles. The largest absolute Gasteiger partial charge is 0.247 e. The highest BCUT2D eigenvalue weighted by atomic mass is 19.1. The lowest BCUT2D eigenvalue weighted by atomic mass is 9.46. The molecule has 2 unspecified atom stereocenters. The van der Waals surface area contributed by atoms with Gasteiger partial charge in [0.2, 0.25) is 0 Å². The van der Waals surface area contributed by atoms with Crippen LogP contribution in [-0.2, 0) is 0 Å². The standard InChI is InChI=1S/C27H44F2/c1-17(2)7-6-8-18(3)21-11-12-22-20-15-25(29)24-10-9-19(28)16-27(24,5)23(20)13-14-26(21,22)4/h10,17-23,25H,6-9,11-16H2,1-5H3/t18-,19?,20+,21-,22+,23+,25?,26-,27-/m1/s1. The van der Waals surface area contributed by atoms with E-state index in [0.29, 0.717) is 42.4 Å². The molecule has 0 aliphatic heterocycles. The van der Waals surface area contributed by atoms with Gasteiger partial charge in [0, 0.05) is 0 Å². The third-order valence-electron chi connectivity index (χ3n) is 10.2. The quantitative estimate of drug-likeness (QED) is 0.403. The summed E-state index contributed by atoms with van der Waals surface area (Å²) in [6, 6.07) is 0. The van der Waals surface area contributed by atoms with Gasteiger partial charge in [-0.25, -0.2) is 8.78 Å². The normalized spacial score (nSPS) is 47.9. The number of rotatable bonds is 5. The molecule has 0 heterocycles. The molecule has 2 heteroatoms. The zero-order valence-corrected chi connectivity index (χ0v) is 19.5. The zero-order chi connectivity index (χ0) is 21.0. The van der Waals surface area contributed by atoms with Gasteiger partial charge < -0.3 is 0 Å². The molecule has 0 nitrogen and oxygen atoms in total. The Bertz CT molecular complexity index is 624. The van der Waals surface area contributed by atoms with Gasteiger partial charge in [-0.3, -0.25) is 0 Å². The summed E-state index contributed by atoms with van der Waals surface area (Å²) < 4.78 is 29.8.